The van der Waals surface area contributed by atoms with Crippen LogP contribution in [0.5, 0.6) is 0 Å². The van der Waals surface area contributed by atoms with E-state index < -0.39 is 0 Å². The monoisotopic (exact) mass is 320 g/mol. The number of rotatable bonds is 5. The van der Waals surface area contributed by atoms with Crippen LogP contribution in [0, 0.1) is 0 Å². The molecular weight excluding hydrogens is 292 g/mol. The van der Waals surface area contributed by atoms with Crippen LogP contribution in [-0.4, -0.2) is 33.4 Å². The number of nitrogens with zero attached hydrogens (tertiary/aromatic N) is 2. The van der Waals surface area contributed by atoms with Gasteiger partial charge in [-0.1, -0.05) is 13.3 Å². The predicted octanol–water partition coefficient (Wildman–Crippen LogP) is 2.28. The molecule has 0 radical (unpaired) electrons. The van der Waals surface area contributed by atoms with Gasteiger partial charge in [0.15, 0.2) is 5.82 Å². The summed E-state index contributed by atoms with van der Waals surface area (Å²) in [4.78, 5) is 29.3. The molecule has 6 heteroatoms. The summed E-state index contributed by atoms with van der Waals surface area (Å²) in [5.74, 6) is -0.0255. The number of amides is 2. The van der Waals surface area contributed by atoms with Crippen molar-refractivity contribution in [2.45, 2.75) is 71.9 Å². The van der Waals surface area contributed by atoms with Crippen molar-refractivity contribution < 1.29 is 9.59 Å². The summed E-state index contributed by atoms with van der Waals surface area (Å²) in [5.41, 5.74) is 0.978. The second-order valence-electron chi connectivity index (χ2n) is 7.15. The van der Waals surface area contributed by atoms with Gasteiger partial charge in [-0.25, -0.2) is 4.98 Å². The molecule has 1 aromatic heterocycles. The van der Waals surface area contributed by atoms with Crippen molar-refractivity contribution in [3.8, 4) is 0 Å². The molecule has 23 heavy (non-hydrogen) atoms. The van der Waals surface area contributed by atoms with E-state index >= 15 is 0 Å². The van der Waals surface area contributed by atoms with Gasteiger partial charge in [-0.3, -0.25) is 9.59 Å². The van der Waals surface area contributed by atoms with Crippen LogP contribution in [0.2, 0.25) is 0 Å². The summed E-state index contributed by atoms with van der Waals surface area (Å²) in [6.07, 6.45) is 4.81. The number of carbonyl (C=O) groups is 2. The van der Waals surface area contributed by atoms with E-state index in [0.29, 0.717) is 18.1 Å². The predicted molar refractivity (Wildman–Crippen MR) is 89.6 cm³/mol. The van der Waals surface area contributed by atoms with Crippen LogP contribution in [0.4, 0.5) is 0 Å². The number of aromatic nitrogens is 2. The Kier molecular flexibility index (Phi) is 5.44. The molecule has 0 spiro atoms. The number of carbonyl (C=O) groups excluding carboxylic acids is 2. The SMILES string of the molecule is CCCCNC(=O)c1nc(C(=O)NC(C)(C)C)n2c1CCCC2. The van der Waals surface area contributed by atoms with Crippen LogP contribution >= 0.6 is 0 Å². The van der Waals surface area contributed by atoms with Gasteiger partial charge in [-0.05, 0) is 46.5 Å². The zero-order chi connectivity index (χ0) is 17.0. The molecule has 6 nitrogen and oxygen atoms in total. The van der Waals surface area contributed by atoms with Crippen molar-refractivity contribution in [1.29, 1.82) is 0 Å². The van der Waals surface area contributed by atoms with Crippen molar-refractivity contribution in [2.75, 3.05) is 6.54 Å². The first-order chi connectivity index (χ1) is 10.8. The number of unbranched alkanes of at least 4 members (excludes halogenated alkanes) is 1. The smallest absolute Gasteiger partial charge is 0.287 e. The lowest BCUT2D eigenvalue weighted by Gasteiger charge is -2.22. The molecule has 2 heterocycles. The van der Waals surface area contributed by atoms with Gasteiger partial charge in [-0.2, -0.15) is 0 Å². The Morgan fingerprint density at radius 1 is 1.22 bits per heavy atom. The lowest BCUT2D eigenvalue weighted by molar-refractivity contribution is 0.0903. The van der Waals surface area contributed by atoms with Crippen LogP contribution in [0.3, 0.4) is 0 Å². The van der Waals surface area contributed by atoms with Crippen LogP contribution in [0.1, 0.15) is 80.2 Å². The molecular formula is C17H28N4O2. The summed E-state index contributed by atoms with van der Waals surface area (Å²) < 4.78 is 1.92. The number of hydrogen-bond donors (Lipinski definition) is 2. The summed E-state index contributed by atoms with van der Waals surface area (Å²) in [6, 6.07) is 0. The standard InChI is InChI=1S/C17H28N4O2/c1-5-6-10-18-15(22)13-12-9-7-8-11-21(12)14(19-13)16(23)20-17(2,3)4/h5-11H2,1-4H3,(H,18,22)(H,20,23). The minimum Gasteiger partial charge on any atom is -0.351 e. The second kappa shape index (κ2) is 7.15. The third-order valence-electron chi connectivity index (χ3n) is 3.84. The van der Waals surface area contributed by atoms with Crippen molar-refractivity contribution in [3.05, 3.63) is 17.2 Å². The lowest BCUT2D eigenvalue weighted by atomic mass is 10.1. The van der Waals surface area contributed by atoms with Crippen LogP contribution in [-0.2, 0) is 13.0 Å². The molecule has 0 aromatic carbocycles. The molecule has 0 atom stereocenters. The highest BCUT2D eigenvalue weighted by Gasteiger charge is 2.28. The van der Waals surface area contributed by atoms with Gasteiger partial charge < -0.3 is 15.2 Å². The first-order valence-electron chi connectivity index (χ1n) is 8.53. The average molecular weight is 320 g/mol. The molecule has 2 amide bonds. The van der Waals surface area contributed by atoms with Crippen molar-refractivity contribution in [2.24, 2.45) is 0 Å². The molecule has 128 valence electrons. The third kappa shape index (κ3) is 4.33. The summed E-state index contributed by atoms with van der Waals surface area (Å²) in [5, 5.41) is 5.84. The summed E-state index contributed by atoms with van der Waals surface area (Å²) >= 11 is 0. The van der Waals surface area contributed by atoms with E-state index in [1.165, 1.54) is 0 Å². The zero-order valence-corrected chi connectivity index (χ0v) is 14.7. The topological polar surface area (TPSA) is 76.0 Å². The Morgan fingerprint density at radius 3 is 2.61 bits per heavy atom. The Hall–Kier alpha value is -1.85. The maximum absolute atomic E-state index is 12.5. The maximum atomic E-state index is 12.5. The number of hydrogen-bond acceptors (Lipinski definition) is 3. The van der Waals surface area contributed by atoms with Gasteiger partial charge in [0.25, 0.3) is 11.8 Å². The summed E-state index contributed by atoms with van der Waals surface area (Å²) in [7, 11) is 0. The number of fused-ring (bicyclic) bond motifs is 1. The fourth-order valence-electron chi connectivity index (χ4n) is 2.76. The molecule has 0 saturated carbocycles. The molecule has 2 rings (SSSR count). The highest BCUT2D eigenvalue weighted by Crippen LogP contribution is 2.21. The highest BCUT2D eigenvalue weighted by atomic mass is 16.2. The Balaban J connectivity index is 2.27. The molecule has 0 bridgehead atoms. The molecule has 1 aromatic rings. The van der Waals surface area contributed by atoms with E-state index in [2.05, 4.69) is 22.5 Å². The van der Waals surface area contributed by atoms with Crippen molar-refractivity contribution in [3.63, 3.8) is 0 Å². The molecule has 1 aliphatic heterocycles. The van der Waals surface area contributed by atoms with Gasteiger partial charge in [0.2, 0.25) is 0 Å². The molecule has 0 aliphatic carbocycles. The number of imidazole rings is 1. The highest BCUT2D eigenvalue weighted by molar-refractivity contribution is 5.97. The fourth-order valence-corrected chi connectivity index (χ4v) is 2.76. The van der Waals surface area contributed by atoms with Crippen LogP contribution in [0.15, 0.2) is 0 Å². The van der Waals surface area contributed by atoms with Crippen molar-refractivity contribution >= 4 is 11.8 Å². The molecule has 0 unspecified atom stereocenters. The first kappa shape index (κ1) is 17.5. The van der Waals surface area contributed by atoms with E-state index in [1.807, 2.05) is 25.3 Å². The van der Waals surface area contributed by atoms with Crippen molar-refractivity contribution in [1.82, 2.24) is 20.2 Å². The quantitative estimate of drug-likeness (QED) is 0.817. The average Bonchev–Trinajstić information content (AvgIpc) is 2.85. The van der Waals surface area contributed by atoms with Crippen LogP contribution in [0.25, 0.3) is 0 Å². The normalized spacial score (nSPS) is 14.3. The lowest BCUT2D eigenvalue weighted by Crippen LogP contribution is -2.42. The van der Waals surface area contributed by atoms with Gasteiger partial charge in [-0.15, -0.1) is 0 Å². The molecule has 0 fully saturated rings. The zero-order valence-electron chi connectivity index (χ0n) is 14.7. The van der Waals surface area contributed by atoms with E-state index in [0.717, 1.165) is 44.3 Å². The number of nitrogens with one attached hydrogen (secondary N) is 2. The van der Waals surface area contributed by atoms with Gasteiger partial charge >= 0.3 is 0 Å². The van der Waals surface area contributed by atoms with Gasteiger partial charge in [0.05, 0.1) is 5.69 Å². The minimum absolute atomic E-state index is 0.168. The fraction of sp³-hybridized carbons (Fsp3) is 0.706. The largest absolute Gasteiger partial charge is 0.351 e. The van der Waals surface area contributed by atoms with E-state index in [9.17, 15) is 9.59 Å². The van der Waals surface area contributed by atoms with E-state index in [1.54, 1.807) is 0 Å². The molecule has 1 aliphatic rings. The van der Waals surface area contributed by atoms with Gasteiger partial charge in [0.1, 0.15) is 5.69 Å². The second-order valence-corrected chi connectivity index (χ2v) is 7.15. The minimum atomic E-state index is -0.332. The Labute approximate surface area is 138 Å². The van der Waals surface area contributed by atoms with E-state index in [4.69, 9.17) is 0 Å². The molecule has 2 N–H and O–H groups in total. The Bertz CT molecular complexity index is 584. The van der Waals surface area contributed by atoms with Gasteiger partial charge in [0, 0.05) is 18.6 Å². The van der Waals surface area contributed by atoms with E-state index in [-0.39, 0.29) is 17.4 Å². The molecule has 0 saturated heterocycles. The maximum Gasteiger partial charge on any atom is 0.287 e. The van der Waals surface area contributed by atoms with Crippen LogP contribution < -0.4 is 10.6 Å². The third-order valence-corrected chi connectivity index (χ3v) is 3.84. The summed E-state index contributed by atoms with van der Waals surface area (Å²) in [6.45, 7) is 9.28. The first-order valence-corrected chi connectivity index (χ1v) is 8.53. The Morgan fingerprint density at radius 2 is 1.96 bits per heavy atom.